The molecule has 28 heavy (non-hydrogen) atoms. The molecule has 1 aromatic rings. The first kappa shape index (κ1) is 22.7. The Bertz CT molecular complexity index is 529. The molecule has 2 rings (SSSR count). The lowest BCUT2D eigenvalue weighted by molar-refractivity contribution is 0.126. The molecule has 0 amide bonds. The van der Waals surface area contributed by atoms with Crippen molar-refractivity contribution in [3.63, 3.8) is 0 Å². The summed E-state index contributed by atoms with van der Waals surface area (Å²) in [6, 6.07) is 10.8. The Hall–Kier alpha value is -1.63. The van der Waals surface area contributed by atoms with Crippen LogP contribution in [0.25, 0.3) is 0 Å². The van der Waals surface area contributed by atoms with Crippen molar-refractivity contribution in [3.05, 3.63) is 35.9 Å². The standard InChI is InChI=1S/C22H39N5O/c1-3-28-19-9-13-25-22(23-2)24-12-7-8-14-26-15-17-27(18-16-26)20-21-10-5-4-6-11-21/h4-6,10-11H,3,7-9,12-20H2,1-2H3,(H2,23,24,25). The van der Waals surface area contributed by atoms with Crippen LogP contribution in [0, 0.1) is 0 Å². The summed E-state index contributed by atoms with van der Waals surface area (Å²) in [5.41, 5.74) is 1.42. The van der Waals surface area contributed by atoms with E-state index in [1.54, 1.807) is 0 Å². The zero-order valence-corrected chi connectivity index (χ0v) is 17.8. The summed E-state index contributed by atoms with van der Waals surface area (Å²) in [6.45, 7) is 12.5. The Morgan fingerprint density at radius 1 is 0.964 bits per heavy atom. The van der Waals surface area contributed by atoms with E-state index in [9.17, 15) is 0 Å². The predicted molar refractivity (Wildman–Crippen MR) is 118 cm³/mol. The molecular weight excluding hydrogens is 350 g/mol. The monoisotopic (exact) mass is 389 g/mol. The summed E-state index contributed by atoms with van der Waals surface area (Å²) in [7, 11) is 1.83. The van der Waals surface area contributed by atoms with Crippen LogP contribution in [0.5, 0.6) is 0 Å². The van der Waals surface area contributed by atoms with Crippen molar-refractivity contribution in [1.82, 2.24) is 20.4 Å². The topological polar surface area (TPSA) is 52.1 Å². The quantitative estimate of drug-likeness (QED) is 0.326. The van der Waals surface area contributed by atoms with Gasteiger partial charge in [0.2, 0.25) is 0 Å². The Balaban J connectivity index is 1.47. The number of unbranched alkanes of at least 4 members (excludes halogenated alkanes) is 1. The minimum atomic E-state index is 0.787. The lowest BCUT2D eigenvalue weighted by Crippen LogP contribution is -2.46. The second-order valence-corrected chi connectivity index (χ2v) is 7.29. The fraction of sp³-hybridized carbons (Fsp3) is 0.682. The van der Waals surface area contributed by atoms with E-state index < -0.39 is 0 Å². The van der Waals surface area contributed by atoms with E-state index in [-0.39, 0.29) is 0 Å². The molecule has 2 N–H and O–H groups in total. The predicted octanol–water partition coefficient (Wildman–Crippen LogP) is 2.18. The summed E-state index contributed by atoms with van der Waals surface area (Å²) >= 11 is 0. The van der Waals surface area contributed by atoms with Gasteiger partial charge in [0.25, 0.3) is 0 Å². The Labute approximate surface area is 171 Å². The zero-order chi connectivity index (χ0) is 19.9. The van der Waals surface area contributed by atoms with Crippen molar-refractivity contribution in [3.8, 4) is 0 Å². The minimum Gasteiger partial charge on any atom is -0.382 e. The van der Waals surface area contributed by atoms with Crippen molar-refractivity contribution >= 4 is 5.96 Å². The highest BCUT2D eigenvalue weighted by Crippen LogP contribution is 2.08. The Morgan fingerprint density at radius 2 is 1.64 bits per heavy atom. The number of nitrogens with one attached hydrogen (secondary N) is 2. The number of rotatable bonds is 12. The summed E-state index contributed by atoms with van der Waals surface area (Å²) in [4.78, 5) is 9.44. The van der Waals surface area contributed by atoms with Gasteiger partial charge in [-0.1, -0.05) is 30.3 Å². The van der Waals surface area contributed by atoms with Crippen molar-refractivity contribution < 1.29 is 4.74 Å². The van der Waals surface area contributed by atoms with Gasteiger partial charge >= 0.3 is 0 Å². The summed E-state index contributed by atoms with van der Waals surface area (Å²) < 4.78 is 5.35. The first-order valence-corrected chi connectivity index (χ1v) is 10.8. The molecule has 1 fully saturated rings. The molecule has 0 aromatic heterocycles. The molecule has 0 radical (unpaired) electrons. The van der Waals surface area contributed by atoms with Gasteiger partial charge in [-0.25, -0.2) is 0 Å². The van der Waals surface area contributed by atoms with Gasteiger partial charge in [-0.15, -0.1) is 0 Å². The van der Waals surface area contributed by atoms with Gasteiger partial charge < -0.3 is 20.3 Å². The molecule has 1 heterocycles. The SMILES string of the molecule is CCOCCCNC(=NC)NCCCCN1CCN(Cc2ccccc2)CC1. The third-order valence-corrected chi connectivity index (χ3v) is 5.09. The van der Waals surface area contributed by atoms with E-state index in [1.807, 2.05) is 14.0 Å². The fourth-order valence-corrected chi connectivity index (χ4v) is 3.43. The van der Waals surface area contributed by atoms with E-state index in [0.717, 1.165) is 45.2 Å². The van der Waals surface area contributed by atoms with Crippen LogP contribution < -0.4 is 10.6 Å². The van der Waals surface area contributed by atoms with Gasteiger partial charge in [0.15, 0.2) is 5.96 Å². The zero-order valence-electron chi connectivity index (χ0n) is 17.8. The molecule has 1 aliphatic rings. The van der Waals surface area contributed by atoms with Gasteiger partial charge in [-0.05, 0) is 38.3 Å². The molecule has 6 nitrogen and oxygen atoms in total. The van der Waals surface area contributed by atoms with Gasteiger partial charge in [0.1, 0.15) is 0 Å². The normalized spacial score (nSPS) is 16.3. The van der Waals surface area contributed by atoms with Crippen LogP contribution in [-0.4, -0.2) is 81.8 Å². The molecule has 1 saturated heterocycles. The number of hydrogen-bond donors (Lipinski definition) is 2. The Morgan fingerprint density at radius 3 is 2.32 bits per heavy atom. The van der Waals surface area contributed by atoms with Crippen molar-refractivity contribution in [2.24, 2.45) is 4.99 Å². The second kappa shape index (κ2) is 14.4. The lowest BCUT2D eigenvalue weighted by atomic mass is 10.2. The Kier molecular flexibility index (Phi) is 11.6. The lowest BCUT2D eigenvalue weighted by Gasteiger charge is -2.34. The third-order valence-electron chi connectivity index (χ3n) is 5.09. The average Bonchev–Trinajstić information content (AvgIpc) is 2.74. The minimum absolute atomic E-state index is 0.787. The van der Waals surface area contributed by atoms with Crippen LogP contribution in [0.15, 0.2) is 35.3 Å². The first-order valence-electron chi connectivity index (χ1n) is 10.8. The number of ether oxygens (including phenoxy) is 1. The summed E-state index contributed by atoms with van der Waals surface area (Å²) in [5, 5.41) is 6.74. The molecule has 1 aromatic carbocycles. The highest BCUT2D eigenvalue weighted by Gasteiger charge is 2.16. The molecule has 0 aliphatic carbocycles. The number of benzene rings is 1. The number of piperazine rings is 1. The number of aliphatic imine (C=N–C) groups is 1. The van der Waals surface area contributed by atoms with Crippen LogP contribution in [0.3, 0.4) is 0 Å². The van der Waals surface area contributed by atoms with Crippen molar-refractivity contribution in [2.45, 2.75) is 32.7 Å². The second-order valence-electron chi connectivity index (χ2n) is 7.29. The van der Waals surface area contributed by atoms with Crippen LogP contribution in [0.4, 0.5) is 0 Å². The number of nitrogens with zero attached hydrogens (tertiary/aromatic N) is 3. The van der Waals surface area contributed by atoms with Gasteiger partial charge in [0.05, 0.1) is 0 Å². The van der Waals surface area contributed by atoms with Crippen molar-refractivity contribution in [2.75, 3.05) is 66.1 Å². The molecule has 0 bridgehead atoms. The highest BCUT2D eigenvalue weighted by molar-refractivity contribution is 5.79. The van der Waals surface area contributed by atoms with Crippen molar-refractivity contribution in [1.29, 1.82) is 0 Å². The average molecular weight is 390 g/mol. The molecule has 0 spiro atoms. The van der Waals surface area contributed by atoms with Gasteiger partial charge in [-0.2, -0.15) is 0 Å². The van der Waals surface area contributed by atoms with E-state index in [2.05, 4.69) is 55.8 Å². The van der Waals surface area contributed by atoms with Crippen LogP contribution in [-0.2, 0) is 11.3 Å². The molecular formula is C22H39N5O. The van der Waals surface area contributed by atoms with E-state index >= 15 is 0 Å². The molecule has 1 aliphatic heterocycles. The van der Waals surface area contributed by atoms with Crippen LogP contribution >= 0.6 is 0 Å². The van der Waals surface area contributed by atoms with Gasteiger partial charge in [-0.3, -0.25) is 9.89 Å². The fourth-order valence-electron chi connectivity index (χ4n) is 3.43. The molecule has 0 atom stereocenters. The maximum Gasteiger partial charge on any atom is 0.190 e. The summed E-state index contributed by atoms with van der Waals surface area (Å²) in [6.07, 6.45) is 3.40. The maximum absolute atomic E-state index is 5.35. The number of guanidine groups is 1. The molecule has 0 unspecified atom stereocenters. The van der Waals surface area contributed by atoms with E-state index in [1.165, 1.54) is 51.1 Å². The first-order chi connectivity index (χ1) is 13.8. The largest absolute Gasteiger partial charge is 0.382 e. The highest BCUT2D eigenvalue weighted by atomic mass is 16.5. The summed E-state index contributed by atoms with van der Waals surface area (Å²) in [5.74, 6) is 0.894. The van der Waals surface area contributed by atoms with Gasteiger partial charge in [0, 0.05) is 66.1 Å². The molecule has 0 saturated carbocycles. The smallest absolute Gasteiger partial charge is 0.190 e. The maximum atomic E-state index is 5.35. The molecule has 6 heteroatoms. The van der Waals surface area contributed by atoms with E-state index in [0.29, 0.717) is 0 Å². The molecule has 158 valence electrons. The van der Waals surface area contributed by atoms with E-state index in [4.69, 9.17) is 4.74 Å². The third kappa shape index (κ3) is 9.53. The van der Waals surface area contributed by atoms with Crippen LogP contribution in [0.2, 0.25) is 0 Å². The number of hydrogen-bond acceptors (Lipinski definition) is 4. The van der Waals surface area contributed by atoms with Crippen LogP contribution in [0.1, 0.15) is 31.7 Å².